The van der Waals surface area contributed by atoms with E-state index in [9.17, 15) is 14.4 Å². The zero-order valence-electron chi connectivity index (χ0n) is 22.7. The van der Waals surface area contributed by atoms with Gasteiger partial charge in [-0.3, -0.25) is 19.0 Å². The van der Waals surface area contributed by atoms with Gasteiger partial charge in [-0.2, -0.15) is 5.10 Å². The summed E-state index contributed by atoms with van der Waals surface area (Å²) in [5.41, 5.74) is 8.45. The summed E-state index contributed by atoms with van der Waals surface area (Å²) < 4.78 is 9.54. The number of primary amides is 1. The second kappa shape index (κ2) is 11.7. The molecule has 11 heteroatoms. The fraction of sp³-hybridized carbons (Fsp3) is 0.321. The van der Waals surface area contributed by atoms with Crippen LogP contribution in [0.3, 0.4) is 0 Å². The van der Waals surface area contributed by atoms with Crippen molar-refractivity contribution in [2.24, 2.45) is 5.73 Å². The van der Waals surface area contributed by atoms with E-state index in [4.69, 9.17) is 15.5 Å². The molecule has 1 atom stereocenters. The molecule has 10 nitrogen and oxygen atoms in total. The van der Waals surface area contributed by atoms with Crippen LogP contribution in [0, 0.1) is 6.92 Å². The van der Waals surface area contributed by atoms with Crippen LogP contribution < -0.4 is 11.1 Å². The highest BCUT2D eigenvalue weighted by Crippen LogP contribution is 2.21. The molecule has 0 aliphatic carbocycles. The Kier molecular flexibility index (Phi) is 8.41. The smallest absolute Gasteiger partial charge is 0.287 e. The minimum absolute atomic E-state index is 0.0843. The molecule has 0 fully saturated rings. The SMILES string of the molecule is Cc1cc(C(=O)N[C@@H](Cc2ccccc2)C(=O)C(N)=O)nn1-c1nc2ccccc2n1COCC[Si](C)(C)C. The van der Waals surface area contributed by atoms with Gasteiger partial charge in [0.15, 0.2) is 5.69 Å². The van der Waals surface area contributed by atoms with Crippen molar-refractivity contribution in [2.75, 3.05) is 6.61 Å². The molecule has 0 aliphatic heterocycles. The van der Waals surface area contributed by atoms with Crippen LogP contribution in [0.4, 0.5) is 0 Å². The number of Topliss-reactive ketones (excluding diaryl/α,β-unsaturated/α-hetero) is 1. The van der Waals surface area contributed by atoms with Crippen molar-refractivity contribution in [3.63, 3.8) is 0 Å². The van der Waals surface area contributed by atoms with E-state index >= 15 is 0 Å². The predicted octanol–water partition coefficient (Wildman–Crippen LogP) is 3.24. The van der Waals surface area contributed by atoms with Crippen molar-refractivity contribution in [1.29, 1.82) is 0 Å². The minimum atomic E-state index is -1.25. The van der Waals surface area contributed by atoms with Crippen molar-refractivity contribution in [3.8, 4) is 5.95 Å². The van der Waals surface area contributed by atoms with Gasteiger partial charge in [-0.15, -0.1) is 0 Å². The zero-order valence-corrected chi connectivity index (χ0v) is 23.7. The molecule has 204 valence electrons. The summed E-state index contributed by atoms with van der Waals surface area (Å²) >= 11 is 0. The molecule has 0 spiro atoms. The molecular weight excluding hydrogens is 512 g/mol. The van der Waals surface area contributed by atoms with Crippen LogP contribution in [0.1, 0.15) is 21.7 Å². The summed E-state index contributed by atoms with van der Waals surface area (Å²) in [5.74, 6) is -2.07. The Hall–Kier alpha value is -4.09. The average Bonchev–Trinajstić information content (AvgIpc) is 3.46. The average molecular weight is 547 g/mol. The second-order valence-corrected chi connectivity index (χ2v) is 16.3. The third-order valence-corrected chi connectivity index (χ3v) is 8.01. The first kappa shape index (κ1) is 27.9. The molecule has 2 aromatic carbocycles. The van der Waals surface area contributed by atoms with E-state index < -0.39 is 31.7 Å². The van der Waals surface area contributed by atoms with E-state index in [0.717, 1.165) is 22.6 Å². The Balaban J connectivity index is 1.60. The van der Waals surface area contributed by atoms with E-state index in [-0.39, 0.29) is 18.8 Å². The number of fused-ring (bicyclic) bond motifs is 1. The Morgan fingerprint density at radius 2 is 1.74 bits per heavy atom. The largest absolute Gasteiger partial charge is 0.363 e. The molecule has 2 amide bonds. The van der Waals surface area contributed by atoms with Gasteiger partial charge in [0.2, 0.25) is 11.7 Å². The molecule has 0 radical (unpaired) electrons. The Morgan fingerprint density at radius 3 is 2.44 bits per heavy atom. The number of rotatable bonds is 12. The number of nitrogens with zero attached hydrogens (tertiary/aromatic N) is 4. The van der Waals surface area contributed by atoms with Crippen LogP contribution in [-0.2, 0) is 27.5 Å². The predicted molar refractivity (Wildman–Crippen MR) is 151 cm³/mol. The highest BCUT2D eigenvalue weighted by Gasteiger charge is 2.27. The topological polar surface area (TPSA) is 134 Å². The molecule has 4 aromatic rings. The van der Waals surface area contributed by atoms with E-state index in [1.165, 1.54) is 0 Å². The van der Waals surface area contributed by atoms with Gasteiger partial charge in [-0.05, 0) is 36.7 Å². The van der Waals surface area contributed by atoms with Crippen molar-refractivity contribution >= 4 is 36.7 Å². The van der Waals surface area contributed by atoms with Gasteiger partial charge in [-0.1, -0.05) is 62.1 Å². The molecule has 0 bridgehead atoms. The number of ketones is 1. The molecule has 2 aromatic heterocycles. The molecule has 2 heterocycles. The number of imidazole rings is 1. The van der Waals surface area contributed by atoms with Crippen LogP contribution in [-0.4, -0.2) is 57.7 Å². The molecular formula is C28H34N6O4Si. The molecule has 0 aliphatic rings. The molecule has 3 N–H and O–H groups in total. The molecule has 39 heavy (non-hydrogen) atoms. The number of nitrogens with one attached hydrogen (secondary N) is 1. The molecule has 0 saturated heterocycles. The lowest BCUT2D eigenvalue weighted by atomic mass is 10.0. The summed E-state index contributed by atoms with van der Waals surface area (Å²) in [5, 5.41) is 7.15. The van der Waals surface area contributed by atoms with Crippen LogP contribution in [0.5, 0.6) is 0 Å². The monoisotopic (exact) mass is 546 g/mol. The first-order valence-corrected chi connectivity index (χ1v) is 16.5. The zero-order chi connectivity index (χ0) is 28.2. The van der Waals surface area contributed by atoms with Crippen LogP contribution in [0.15, 0.2) is 60.7 Å². The van der Waals surface area contributed by atoms with Gasteiger partial charge in [0.05, 0.1) is 11.0 Å². The maximum absolute atomic E-state index is 13.2. The Labute approximate surface area is 228 Å². The number of para-hydroxylation sites is 2. The number of aromatic nitrogens is 4. The molecule has 0 unspecified atom stereocenters. The lowest BCUT2D eigenvalue weighted by Crippen LogP contribution is -2.47. The summed E-state index contributed by atoms with van der Waals surface area (Å²) in [4.78, 5) is 42.1. The fourth-order valence-corrected chi connectivity index (χ4v) is 4.89. The number of hydrogen-bond donors (Lipinski definition) is 2. The number of ether oxygens (including phenoxy) is 1. The lowest BCUT2D eigenvalue weighted by molar-refractivity contribution is -0.137. The number of carbonyl (C=O) groups is 3. The van der Waals surface area contributed by atoms with Crippen molar-refractivity contribution in [3.05, 3.63) is 77.6 Å². The number of carbonyl (C=O) groups excluding carboxylic acids is 3. The first-order valence-electron chi connectivity index (χ1n) is 12.8. The normalized spacial score (nSPS) is 12.4. The summed E-state index contributed by atoms with van der Waals surface area (Å²) in [6.45, 7) is 9.65. The highest BCUT2D eigenvalue weighted by atomic mass is 28.3. The van der Waals surface area contributed by atoms with E-state index in [1.54, 1.807) is 10.7 Å². The third-order valence-electron chi connectivity index (χ3n) is 6.31. The molecule has 4 rings (SSSR count). The lowest BCUT2D eigenvalue weighted by Gasteiger charge is -2.16. The van der Waals surface area contributed by atoms with Crippen molar-refractivity contribution < 1.29 is 19.1 Å². The van der Waals surface area contributed by atoms with E-state index in [0.29, 0.717) is 18.2 Å². The highest BCUT2D eigenvalue weighted by molar-refractivity contribution is 6.76. The number of amides is 2. The molecule has 0 saturated carbocycles. The number of hydrogen-bond acceptors (Lipinski definition) is 6. The maximum atomic E-state index is 13.2. The van der Waals surface area contributed by atoms with Gasteiger partial charge in [0.25, 0.3) is 11.8 Å². The minimum Gasteiger partial charge on any atom is -0.363 e. The van der Waals surface area contributed by atoms with Gasteiger partial charge in [0, 0.05) is 26.8 Å². The van der Waals surface area contributed by atoms with Gasteiger partial charge in [-0.25, -0.2) is 9.67 Å². The quantitative estimate of drug-likeness (QED) is 0.159. The van der Waals surface area contributed by atoms with Crippen LogP contribution in [0.2, 0.25) is 25.7 Å². The van der Waals surface area contributed by atoms with Crippen LogP contribution >= 0.6 is 0 Å². The summed E-state index contributed by atoms with van der Waals surface area (Å²) in [6, 6.07) is 18.3. The summed E-state index contributed by atoms with van der Waals surface area (Å²) in [6.07, 6.45) is 0.124. The fourth-order valence-electron chi connectivity index (χ4n) is 4.14. The third kappa shape index (κ3) is 6.87. The van der Waals surface area contributed by atoms with Gasteiger partial charge in [0.1, 0.15) is 12.8 Å². The first-order chi connectivity index (χ1) is 18.5. The Morgan fingerprint density at radius 1 is 1.05 bits per heavy atom. The van der Waals surface area contributed by atoms with Gasteiger partial charge >= 0.3 is 0 Å². The second-order valence-electron chi connectivity index (χ2n) is 10.7. The van der Waals surface area contributed by atoms with E-state index in [1.807, 2.05) is 66.1 Å². The standard InChI is InChI=1S/C28H34N6O4Si/c1-19-16-23(27(37)30-22(25(35)26(29)36)17-20-10-6-5-7-11-20)32-34(19)28-31-21-12-8-9-13-24(21)33(28)18-38-14-15-39(2,3)4/h5-13,16,22H,14-15,17-18H2,1-4H3,(H2,29,36)(H,30,37)/t22-/m0/s1. The summed E-state index contributed by atoms with van der Waals surface area (Å²) in [7, 11) is -1.25. The number of benzene rings is 2. The Bertz CT molecular complexity index is 1490. The van der Waals surface area contributed by atoms with Crippen molar-refractivity contribution in [1.82, 2.24) is 24.6 Å². The number of nitrogens with two attached hydrogens (primary N) is 1. The maximum Gasteiger partial charge on any atom is 0.287 e. The van der Waals surface area contributed by atoms with Crippen LogP contribution in [0.25, 0.3) is 17.0 Å². The number of aryl methyl sites for hydroxylation is 1. The van der Waals surface area contributed by atoms with Gasteiger partial charge < -0.3 is 15.8 Å². The van der Waals surface area contributed by atoms with E-state index in [2.05, 4.69) is 30.1 Å². The van der Waals surface area contributed by atoms with Crippen molar-refractivity contribution in [2.45, 2.75) is 51.8 Å².